The van der Waals surface area contributed by atoms with Crippen LogP contribution < -0.4 is 14.8 Å². The minimum atomic E-state index is -3.82. The zero-order valence-corrected chi connectivity index (χ0v) is 20.0. The van der Waals surface area contributed by atoms with Gasteiger partial charge in [-0.25, -0.2) is 18.1 Å². The van der Waals surface area contributed by atoms with Crippen molar-refractivity contribution >= 4 is 21.7 Å². The van der Waals surface area contributed by atoms with Gasteiger partial charge in [-0.1, -0.05) is 33.3 Å². The second-order valence-electron chi connectivity index (χ2n) is 9.50. The van der Waals surface area contributed by atoms with Crippen LogP contribution in [0.5, 0.6) is 5.88 Å². The molecule has 1 fully saturated rings. The third kappa shape index (κ3) is 5.52. The molecule has 2 aromatic rings. The zero-order valence-electron chi connectivity index (χ0n) is 19.2. The fraction of sp³-hybridized carbons (Fsp3) is 0.583. The van der Waals surface area contributed by atoms with Crippen LogP contribution in [-0.4, -0.2) is 31.0 Å². The highest BCUT2D eigenvalue weighted by molar-refractivity contribution is 7.92. The van der Waals surface area contributed by atoms with Gasteiger partial charge in [-0.3, -0.25) is 0 Å². The van der Waals surface area contributed by atoms with Gasteiger partial charge >= 0.3 is 0 Å². The molecule has 0 spiro atoms. The van der Waals surface area contributed by atoms with Crippen molar-refractivity contribution < 1.29 is 13.2 Å². The Morgan fingerprint density at radius 3 is 2.62 bits per heavy atom. The van der Waals surface area contributed by atoms with E-state index in [-0.39, 0.29) is 16.9 Å². The highest BCUT2D eigenvalue weighted by Crippen LogP contribution is 2.37. The van der Waals surface area contributed by atoms with Crippen molar-refractivity contribution in [3.05, 3.63) is 36.0 Å². The van der Waals surface area contributed by atoms with E-state index in [0.29, 0.717) is 24.3 Å². The molecule has 0 radical (unpaired) electrons. The smallest absolute Gasteiger partial charge is 0.264 e. The summed E-state index contributed by atoms with van der Waals surface area (Å²) in [5.41, 5.74) is 1.61. The molecule has 1 aliphatic heterocycles. The van der Waals surface area contributed by atoms with E-state index in [4.69, 9.17) is 4.74 Å². The van der Waals surface area contributed by atoms with Crippen LogP contribution in [0.4, 0.5) is 11.6 Å². The van der Waals surface area contributed by atoms with Gasteiger partial charge < -0.3 is 10.1 Å². The summed E-state index contributed by atoms with van der Waals surface area (Å²) < 4.78 is 34.8. The zero-order chi connectivity index (χ0) is 22.7. The minimum Gasteiger partial charge on any atom is -0.475 e. The van der Waals surface area contributed by atoms with Crippen molar-refractivity contribution in [2.45, 2.75) is 76.2 Å². The number of hydrogen-bond donors (Lipinski definition) is 2. The molecule has 2 heterocycles. The predicted molar refractivity (Wildman–Crippen MR) is 127 cm³/mol. The SMILES string of the molecule is CCC1CCC(c2cc3nc(n2)NS(=O)(=O)c2cccc(c2)N[C@H](CC(C)C)CO3)CC1. The Morgan fingerprint density at radius 2 is 1.91 bits per heavy atom. The lowest BCUT2D eigenvalue weighted by Crippen LogP contribution is -2.29. The largest absolute Gasteiger partial charge is 0.475 e. The standard InChI is InChI=1S/C24H34N4O3S/c1-4-17-8-10-18(11-9-17)22-14-23-27-24(26-22)28-32(29,30)21-7-5-6-19(13-21)25-20(15-31-23)12-16(2)3/h5-7,13-14,16-18,20,25H,4,8-12,15H2,1-3H3,(H,26,27,28)/t17?,18?,20-/m1/s1. The Morgan fingerprint density at radius 1 is 1.12 bits per heavy atom. The lowest BCUT2D eigenvalue weighted by atomic mass is 9.79. The van der Waals surface area contributed by atoms with Crippen LogP contribution in [0.2, 0.25) is 0 Å². The van der Waals surface area contributed by atoms with Crippen LogP contribution in [0.3, 0.4) is 0 Å². The monoisotopic (exact) mass is 458 g/mol. The molecule has 4 bridgehead atoms. The van der Waals surface area contributed by atoms with Crippen molar-refractivity contribution in [1.82, 2.24) is 9.97 Å². The highest BCUT2D eigenvalue weighted by Gasteiger charge is 2.26. The lowest BCUT2D eigenvalue weighted by molar-refractivity contribution is 0.269. The summed E-state index contributed by atoms with van der Waals surface area (Å²) in [6, 6.07) is 8.77. The van der Waals surface area contributed by atoms with Crippen molar-refractivity contribution in [3.8, 4) is 5.88 Å². The highest BCUT2D eigenvalue weighted by atomic mass is 32.2. The van der Waals surface area contributed by atoms with E-state index in [1.807, 2.05) is 12.1 Å². The van der Waals surface area contributed by atoms with Crippen LogP contribution in [0.1, 0.15) is 70.9 Å². The van der Waals surface area contributed by atoms with E-state index in [2.05, 4.69) is 40.8 Å². The Hall–Kier alpha value is -2.35. The maximum absolute atomic E-state index is 13.1. The molecule has 0 saturated heterocycles. The number of hydrogen-bond acceptors (Lipinski definition) is 6. The lowest BCUT2D eigenvalue weighted by Gasteiger charge is -2.28. The van der Waals surface area contributed by atoms with Crippen LogP contribution in [0, 0.1) is 11.8 Å². The number of rotatable bonds is 4. The molecule has 0 unspecified atom stereocenters. The van der Waals surface area contributed by atoms with E-state index in [1.165, 1.54) is 19.3 Å². The second-order valence-corrected chi connectivity index (χ2v) is 11.2. The first-order valence-corrected chi connectivity index (χ1v) is 13.2. The Balaban J connectivity index is 1.69. The number of nitrogens with one attached hydrogen (secondary N) is 2. The molecule has 2 aliphatic rings. The first kappa shape index (κ1) is 22.8. The summed E-state index contributed by atoms with van der Waals surface area (Å²) in [5.74, 6) is 2.03. The molecule has 32 heavy (non-hydrogen) atoms. The number of nitrogens with zero attached hydrogens (tertiary/aromatic N) is 2. The molecule has 174 valence electrons. The first-order valence-electron chi connectivity index (χ1n) is 11.7. The van der Waals surface area contributed by atoms with E-state index in [0.717, 1.165) is 36.6 Å². The topological polar surface area (TPSA) is 93.2 Å². The third-order valence-corrected chi connectivity index (χ3v) is 7.82. The van der Waals surface area contributed by atoms with Gasteiger partial charge in [0.1, 0.15) is 6.61 Å². The molecule has 1 aromatic heterocycles. The number of anilines is 2. The van der Waals surface area contributed by atoms with E-state index in [9.17, 15) is 8.42 Å². The number of benzene rings is 1. The van der Waals surface area contributed by atoms with Gasteiger partial charge in [0.15, 0.2) is 0 Å². The minimum absolute atomic E-state index is 0.0298. The Bertz CT molecular complexity index is 1030. The van der Waals surface area contributed by atoms with Gasteiger partial charge in [-0.05, 0) is 62.1 Å². The fourth-order valence-electron chi connectivity index (χ4n) is 4.73. The molecule has 1 aromatic carbocycles. The maximum atomic E-state index is 13.1. The van der Waals surface area contributed by atoms with Crippen LogP contribution >= 0.6 is 0 Å². The van der Waals surface area contributed by atoms with Crippen molar-refractivity contribution in [2.75, 3.05) is 16.6 Å². The van der Waals surface area contributed by atoms with Crippen molar-refractivity contribution in [3.63, 3.8) is 0 Å². The predicted octanol–water partition coefficient (Wildman–Crippen LogP) is 5.18. The van der Waals surface area contributed by atoms with E-state index >= 15 is 0 Å². The first-order chi connectivity index (χ1) is 15.3. The second kappa shape index (κ2) is 9.65. The number of aromatic nitrogens is 2. The Labute approximate surface area is 191 Å². The van der Waals surface area contributed by atoms with Gasteiger partial charge in [0, 0.05) is 17.7 Å². The summed E-state index contributed by atoms with van der Waals surface area (Å²) in [7, 11) is -3.82. The molecule has 4 rings (SSSR count). The van der Waals surface area contributed by atoms with Gasteiger partial charge in [0.25, 0.3) is 10.0 Å². The van der Waals surface area contributed by atoms with E-state index < -0.39 is 10.0 Å². The van der Waals surface area contributed by atoms with Gasteiger partial charge in [0.05, 0.1) is 16.6 Å². The summed E-state index contributed by atoms with van der Waals surface area (Å²) in [6.45, 7) is 7.01. The third-order valence-electron chi connectivity index (χ3n) is 6.49. The summed E-state index contributed by atoms with van der Waals surface area (Å²) >= 11 is 0. The molecule has 1 atom stereocenters. The Kier molecular flexibility index (Phi) is 6.88. The van der Waals surface area contributed by atoms with Crippen LogP contribution in [0.15, 0.2) is 35.2 Å². The quantitative estimate of drug-likeness (QED) is 0.656. The molecule has 7 nitrogen and oxygen atoms in total. The number of fused-ring (bicyclic) bond motifs is 4. The molecule has 1 aliphatic carbocycles. The normalized spacial score (nSPS) is 24.9. The van der Waals surface area contributed by atoms with Gasteiger partial charge in [-0.2, -0.15) is 4.98 Å². The fourth-order valence-corrected chi connectivity index (χ4v) is 5.72. The molecule has 2 N–H and O–H groups in total. The molecular formula is C24H34N4O3S. The average Bonchev–Trinajstić information content (AvgIpc) is 2.76. The van der Waals surface area contributed by atoms with Crippen LogP contribution in [-0.2, 0) is 10.0 Å². The molecular weight excluding hydrogens is 424 g/mol. The van der Waals surface area contributed by atoms with Gasteiger partial charge in [-0.15, -0.1) is 0 Å². The summed E-state index contributed by atoms with van der Waals surface area (Å²) in [4.78, 5) is 9.19. The van der Waals surface area contributed by atoms with Crippen LogP contribution in [0.25, 0.3) is 0 Å². The number of sulfonamides is 1. The number of ether oxygens (including phenoxy) is 1. The van der Waals surface area contributed by atoms with Gasteiger partial charge in [0.2, 0.25) is 11.8 Å². The summed E-state index contributed by atoms with van der Waals surface area (Å²) in [5, 5.41) is 3.44. The average molecular weight is 459 g/mol. The summed E-state index contributed by atoms with van der Waals surface area (Å²) in [6.07, 6.45) is 6.56. The van der Waals surface area contributed by atoms with Crippen molar-refractivity contribution in [2.24, 2.45) is 11.8 Å². The maximum Gasteiger partial charge on any atom is 0.264 e. The van der Waals surface area contributed by atoms with Crippen molar-refractivity contribution in [1.29, 1.82) is 0 Å². The molecule has 8 heteroatoms. The molecule has 1 saturated carbocycles. The van der Waals surface area contributed by atoms with E-state index in [1.54, 1.807) is 18.2 Å². The molecule has 0 amide bonds.